The molecule has 0 saturated carbocycles. The predicted molar refractivity (Wildman–Crippen MR) is 85.2 cm³/mol. The maximum absolute atomic E-state index is 12.1. The lowest BCUT2D eigenvalue weighted by Crippen LogP contribution is -2.08. The number of carbonyl (C=O) groups excluding carboxylic acids is 1. The molecule has 0 bridgehead atoms. The van der Waals surface area contributed by atoms with Crippen molar-refractivity contribution >= 4 is 34.9 Å². The molecule has 23 heavy (non-hydrogen) atoms. The molecule has 0 atom stereocenters. The lowest BCUT2D eigenvalue weighted by molar-refractivity contribution is -0.385. The first-order chi connectivity index (χ1) is 10.9. The van der Waals surface area contributed by atoms with Crippen molar-refractivity contribution in [2.45, 2.75) is 6.61 Å². The molecule has 0 amide bonds. The minimum Gasteiger partial charge on any atom is -0.496 e. The predicted octanol–water partition coefficient (Wildman–Crippen LogP) is 4.27. The number of nitrogens with zero attached hydrogens (tertiary/aromatic N) is 1. The molecule has 0 unspecified atom stereocenters. The van der Waals surface area contributed by atoms with Crippen LogP contribution in [0.1, 0.15) is 15.9 Å². The molecular weight excluding hydrogens is 345 g/mol. The van der Waals surface area contributed by atoms with E-state index in [1.807, 2.05) is 0 Å². The molecule has 2 rings (SSSR count). The van der Waals surface area contributed by atoms with E-state index in [9.17, 15) is 14.9 Å². The monoisotopic (exact) mass is 355 g/mol. The maximum atomic E-state index is 12.1. The van der Waals surface area contributed by atoms with Gasteiger partial charge in [0.25, 0.3) is 5.69 Å². The fourth-order valence-corrected chi connectivity index (χ4v) is 2.45. The molecule has 8 heteroatoms. The van der Waals surface area contributed by atoms with Crippen molar-refractivity contribution < 1.29 is 19.2 Å². The van der Waals surface area contributed by atoms with Crippen molar-refractivity contribution in [2.75, 3.05) is 7.11 Å². The molecule has 0 fully saturated rings. The van der Waals surface area contributed by atoms with E-state index >= 15 is 0 Å². The van der Waals surface area contributed by atoms with Crippen LogP contribution in [0.2, 0.25) is 10.0 Å². The van der Waals surface area contributed by atoms with Crippen LogP contribution in [0, 0.1) is 10.1 Å². The van der Waals surface area contributed by atoms with Crippen molar-refractivity contribution in [2.24, 2.45) is 0 Å². The van der Waals surface area contributed by atoms with Gasteiger partial charge >= 0.3 is 5.97 Å². The second kappa shape index (κ2) is 7.30. The molecule has 0 heterocycles. The lowest BCUT2D eigenvalue weighted by atomic mass is 10.2. The van der Waals surface area contributed by atoms with Gasteiger partial charge in [0.15, 0.2) is 0 Å². The van der Waals surface area contributed by atoms with E-state index in [0.717, 1.165) is 0 Å². The number of carbonyl (C=O) groups is 1. The summed E-state index contributed by atoms with van der Waals surface area (Å²) < 4.78 is 10.2. The van der Waals surface area contributed by atoms with Crippen molar-refractivity contribution in [3.05, 3.63) is 67.7 Å². The van der Waals surface area contributed by atoms with Crippen LogP contribution in [0.4, 0.5) is 5.69 Å². The summed E-state index contributed by atoms with van der Waals surface area (Å²) in [5.74, 6) is -0.359. The van der Waals surface area contributed by atoms with Gasteiger partial charge in [0, 0.05) is 17.7 Å². The SMILES string of the molecule is COc1ccc([N+](=O)[O-])cc1COC(=O)c1c(Cl)cccc1Cl. The highest BCUT2D eigenvalue weighted by Gasteiger charge is 2.18. The summed E-state index contributed by atoms with van der Waals surface area (Å²) in [6.07, 6.45) is 0. The molecule has 120 valence electrons. The fraction of sp³-hybridized carbons (Fsp3) is 0.133. The highest BCUT2D eigenvalue weighted by atomic mass is 35.5. The molecule has 0 radical (unpaired) electrons. The van der Waals surface area contributed by atoms with E-state index in [1.165, 1.54) is 37.4 Å². The molecule has 2 aromatic carbocycles. The Kier molecular flexibility index (Phi) is 5.41. The van der Waals surface area contributed by atoms with Crippen LogP contribution in [0.3, 0.4) is 0 Å². The number of nitro groups is 1. The summed E-state index contributed by atoms with van der Waals surface area (Å²) in [7, 11) is 1.41. The van der Waals surface area contributed by atoms with Gasteiger partial charge in [0.2, 0.25) is 0 Å². The average Bonchev–Trinajstić information content (AvgIpc) is 2.52. The standard InChI is InChI=1S/C15H11Cl2NO5/c1-22-13-6-5-10(18(20)21)7-9(13)8-23-15(19)14-11(16)3-2-4-12(14)17/h2-7H,8H2,1H3. The first kappa shape index (κ1) is 17.1. The number of hydrogen-bond acceptors (Lipinski definition) is 5. The van der Waals surface area contributed by atoms with Crippen LogP contribution in [-0.4, -0.2) is 18.0 Å². The molecule has 0 saturated heterocycles. The topological polar surface area (TPSA) is 78.7 Å². The molecule has 0 aliphatic heterocycles. The summed E-state index contributed by atoms with van der Waals surface area (Å²) in [4.78, 5) is 22.4. The van der Waals surface area contributed by atoms with Crippen LogP contribution in [0.5, 0.6) is 5.75 Å². The fourth-order valence-electron chi connectivity index (χ4n) is 1.90. The molecule has 0 spiro atoms. The number of benzene rings is 2. The zero-order chi connectivity index (χ0) is 17.0. The number of methoxy groups -OCH3 is 1. The van der Waals surface area contributed by atoms with Gasteiger partial charge in [-0.25, -0.2) is 4.79 Å². The van der Waals surface area contributed by atoms with Crippen molar-refractivity contribution in [3.63, 3.8) is 0 Å². The van der Waals surface area contributed by atoms with Gasteiger partial charge in [0.05, 0.1) is 27.6 Å². The number of halogens is 2. The van der Waals surface area contributed by atoms with E-state index in [1.54, 1.807) is 6.07 Å². The van der Waals surface area contributed by atoms with Gasteiger partial charge in [-0.1, -0.05) is 29.3 Å². The third-order valence-corrected chi connectivity index (χ3v) is 3.63. The minimum atomic E-state index is -0.728. The molecule has 0 aromatic heterocycles. The third-order valence-electron chi connectivity index (χ3n) is 3.00. The highest BCUT2D eigenvalue weighted by molar-refractivity contribution is 6.39. The van der Waals surface area contributed by atoms with Gasteiger partial charge in [-0.3, -0.25) is 10.1 Å². The second-order valence-corrected chi connectivity index (χ2v) is 5.24. The van der Waals surface area contributed by atoms with E-state index in [4.69, 9.17) is 32.7 Å². The van der Waals surface area contributed by atoms with E-state index in [2.05, 4.69) is 0 Å². The molecular formula is C15H11Cl2NO5. The van der Waals surface area contributed by atoms with Crippen LogP contribution in [0.25, 0.3) is 0 Å². The number of rotatable bonds is 5. The molecule has 0 aliphatic carbocycles. The Bertz CT molecular complexity index is 743. The van der Waals surface area contributed by atoms with E-state index in [-0.39, 0.29) is 27.9 Å². The van der Waals surface area contributed by atoms with Crippen molar-refractivity contribution in [3.8, 4) is 5.75 Å². The summed E-state index contributed by atoms with van der Waals surface area (Å²) in [6, 6.07) is 8.64. The van der Waals surface area contributed by atoms with E-state index in [0.29, 0.717) is 11.3 Å². The smallest absolute Gasteiger partial charge is 0.341 e. The number of hydrogen-bond donors (Lipinski definition) is 0. The van der Waals surface area contributed by atoms with Crippen molar-refractivity contribution in [1.82, 2.24) is 0 Å². The lowest BCUT2D eigenvalue weighted by Gasteiger charge is -2.10. The van der Waals surface area contributed by atoms with E-state index < -0.39 is 10.9 Å². The molecule has 0 aliphatic rings. The third kappa shape index (κ3) is 3.91. The van der Waals surface area contributed by atoms with Gasteiger partial charge in [-0.05, 0) is 18.2 Å². The molecule has 2 aromatic rings. The van der Waals surface area contributed by atoms with Gasteiger partial charge in [-0.15, -0.1) is 0 Å². The Morgan fingerprint density at radius 3 is 2.43 bits per heavy atom. The van der Waals surface area contributed by atoms with Crippen LogP contribution in [-0.2, 0) is 11.3 Å². The Morgan fingerprint density at radius 2 is 1.87 bits per heavy atom. The Hall–Kier alpha value is -2.31. The summed E-state index contributed by atoms with van der Waals surface area (Å²) >= 11 is 11.9. The molecule has 6 nitrogen and oxygen atoms in total. The Balaban J connectivity index is 2.22. The van der Waals surface area contributed by atoms with Crippen molar-refractivity contribution in [1.29, 1.82) is 0 Å². The summed E-state index contributed by atoms with van der Waals surface area (Å²) in [6.45, 7) is -0.217. The molecule has 0 N–H and O–H groups in total. The zero-order valence-electron chi connectivity index (χ0n) is 11.9. The quantitative estimate of drug-likeness (QED) is 0.454. The summed E-state index contributed by atoms with van der Waals surface area (Å²) in [5.41, 5.74) is 0.270. The Labute approximate surface area is 141 Å². The first-order valence-corrected chi connectivity index (χ1v) is 7.12. The Morgan fingerprint density at radius 1 is 1.22 bits per heavy atom. The maximum Gasteiger partial charge on any atom is 0.341 e. The zero-order valence-corrected chi connectivity index (χ0v) is 13.4. The average molecular weight is 356 g/mol. The highest BCUT2D eigenvalue weighted by Crippen LogP contribution is 2.27. The normalized spacial score (nSPS) is 10.2. The number of non-ortho nitro benzene ring substituents is 1. The van der Waals surface area contributed by atoms with Crippen LogP contribution >= 0.6 is 23.2 Å². The minimum absolute atomic E-state index is 0.0419. The number of esters is 1. The largest absolute Gasteiger partial charge is 0.496 e. The second-order valence-electron chi connectivity index (χ2n) is 4.43. The number of ether oxygens (including phenoxy) is 2. The van der Waals surface area contributed by atoms with Gasteiger partial charge < -0.3 is 9.47 Å². The number of nitro benzene ring substituents is 1. The van der Waals surface area contributed by atoms with Crippen LogP contribution in [0.15, 0.2) is 36.4 Å². The summed E-state index contributed by atoms with van der Waals surface area (Å²) in [5, 5.41) is 11.1. The van der Waals surface area contributed by atoms with Crippen LogP contribution < -0.4 is 4.74 Å². The van der Waals surface area contributed by atoms with Gasteiger partial charge in [0.1, 0.15) is 12.4 Å². The first-order valence-electron chi connectivity index (χ1n) is 6.36. The van der Waals surface area contributed by atoms with Gasteiger partial charge in [-0.2, -0.15) is 0 Å².